The van der Waals surface area contributed by atoms with Gasteiger partial charge < -0.3 is 15.0 Å². The van der Waals surface area contributed by atoms with Crippen LogP contribution in [0.25, 0.3) is 11.4 Å². The third kappa shape index (κ3) is 5.05. The van der Waals surface area contributed by atoms with E-state index in [1.165, 1.54) is 0 Å². The van der Waals surface area contributed by atoms with Gasteiger partial charge in [0.2, 0.25) is 0 Å². The number of hydrogen-bond donors (Lipinski definition) is 2. The van der Waals surface area contributed by atoms with Gasteiger partial charge in [-0.1, -0.05) is 39.0 Å². The molecule has 0 aliphatic heterocycles. The maximum Gasteiger partial charge on any atom is 0.164 e. The second kappa shape index (κ2) is 10.6. The molecular weight excluding hydrogens is 342 g/mol. The first-order valence-corrected chi connectivity index (χ1v) is 10.2. The Balaban J connectivity index is 0.00000117. The topological polar surface area (TPSA) is 49.9 Å². The van der Waals surface area contributed by atoms with Gasteiger partial charge in [0, 0.05) is 24.5 Å². The minimum atomic E-state index is 0.832. The fourth-order valence-electron chi connectivity index (χ4n) is 2.42. The zero-order valence-electron chi connectivity index (χ0n) is 15.9. The molecule has 0 radical (unpaired) electrons. The second-order valence-corrected chi connectivity index (χ2v) is 6.18. The van der Waals surface area contributed by atoms with Crippen LogP contribution in [0.2, 0.25) is 0 Å². The number of benzene rings is 2. The first-order valence-electron chi connectivity index (χ1n) is 9.00. The van der Waals surface area contributed by atoms with Gasteiger partial charge in [0.05, 0.1) is 10.6 Å². The number of aromatic nitrogens is 2. The van der Waals surface area contributed by atoms with E-state index in [4.69, 9.17) is 4.74 Å². The Morgan fingerprint density at radius 1 is 1.15 bits per heavy atom. The lowest BCUT2D eigenvalue weighted by Gasteiger charge is -2.17. The van der Waals surface area contributed by atoms with Crippen molar-refractivity contribution >= 4 is 17.4 Å². The van der Waals surface area contributed by atoms with Crippen molar-refractivity contribution in [1.29, 1.82) is 0 Å². The highest BCUT2D eigenvalue weighted by atomic mass is 32.2. The Bertz CT molecular complexity index is 773. The number of hydrogen-bond acceptors (Lipinski definition) is 4. The number of nitrogens with zero attached hydrogens (tertiary/aromatic N) is 1. The molecule has 4 nitrogen and oxygen atoms in total. The molecule has 0 aliphatic rings. The summed E-state index contributed by atoms with van der Waals surface area (Å²) in [4.78, 5) is 8.61. The van der Waals surface area contributed by atoms with Crippen molar-refractivity contribution in [2.75, 3.05) is 18.1 Å². The smallest absolute Gasteiger partial charge is 0.164 e. The van der Waals surface area contributed by atoms with E-state index >= 15 is 0 Å². The van der Waals surface area contributed by atoms with Crippen molar-refractivity contribution in [1.82, 2.24) is 9.97 Å². The molecule has 2 N–H and O–H groups in total. The normalized spacial score (nSPS) is 10.0. The monoisotopic (exact) mass is 369 g/mol. The summed E-state index contributed by atoms with van der Waals surface area (Å²) >= 11 is 1.67. The summed E-state index contributed by atoms with van der Waals surface area (Å²) in [7, 11) is 0. The molecule has 5 heteroatoms. The van der Waals surface area contributed by atoms with Gasteiger partial charge in [-0.3, -0.25) is 0 Å². The van der Waals surface area contributed by atoms with Gasteiger partial charge in [-0.15, -0.1) is 11.8 Å². The zero-order chi connectivity index (χ0) is 18.8. The molecule has 1 aromatic heterocycles. The van der Waals surface area contributed by atoms with E-state index < -0.39 is 0 Å². The van der Waals surface area contributed by atoms with Gasteiger partial charge >= 0.3 is 0 Å². The summed E-state index contributed by atoms with van der Waals surface area (Å²) in [6.45, 7) is 7.04. The van der Waals surface area contributed by atoms with Crippen LogP contribution in [0.5, 0.6) is 11.5 Å². The van der Waals surface area contributed by atoms with E-state index in [0.29, 0.717) is 0 Å². The van der Waals surface area contributed by atoms with E-state index in [2.05, 4.69) is 40.6 Å². The lowest BCUT2D eigenvalue weighted by Crippen LogP contribution is -2.03. The molecule has 3 rings (SSSR count). The summed E-state index contributed by atoms with van der Waals surface area (Å²) in [6, 6.07) is 14.1. The summed E-state index contributed by atoms with van der Waals surface area (Å²) in [5.41, 5.74) is 2.03. The number of imidazole rings is 1. The van der Waals surface area contributed by atoms with Gasteiger partial charge in [0.25, 0.3) is 0 Å². The molecule has 1 heterocycles. The summed E-state index contributed by atoms with van der Waals surface area (Å²) in [6.07, 6.45) is 6.70. The van der Waals surface area contributed by atoms with Crippen molar-refractivity contribution < 1.29 is 4.74 Å². The van der Waals surface area contributed by atoms with Crippen LogP contribution in [0, 0.1) is 0 Å². The highest BCUT2D eigenvalue weighted by Gasteiger charge is 2.15. The molecule has 3 aromatic rings. The van der Waals surface area contributed by atoms with Crippen molar-refractivity contribution in [3.05, 3.63) is 54.9 Å². The second-order valence-electron chi connectivity index (χ2n) is 5.33. The lowest BCUT2D eigenvalue weighted by atomic mass is 10.1. The molecule has 2 aromatic carbocycles. The van der Waals surface area contributed by atoms with Crippen LogP contribution < -0.4 is 10.1 Å². The Kier molecular flexibility index (Phi) is 8.09. The molecule has 0 aliphatic carbocycles. The van der Waals surface area contributed by atoms with Crippen LogP contribution in [-0.2, 0) is 0 Å². The summed E-state index contributed by atoms with van der Waals surface area (Å²) in [5.74, 6) is 2.55. The number of H-pyrrole nitrogens is 1. The fraction of sp³-hybridized carbons (Fsp3) is 0.286. The number of rotatable bonds is 7. The molecule has 0 atom stereocenters. The highest BCUT2D eigenvalue weighted by Crippen LogP contribution is 2.41. The van der Waals surface area contributed by atoms with Crippen LogP contribution in [0.15, 0.2) is 59.8 Å². The maximum absolute atomic E-state index is 6.19. The SMILES string of the molecule is CC.CCCNc1cc(-c2ncc[nH]2)cc(SC)c1Oc1ccccc1. The van der Waals surface area contributed by atoms with Crippen molar-refractivity contribution in [2.24, 2.45) is 0 Å². The largest absolute Gasteiger partial charge is 0.454 e. The minimum Gasteiger partial charge on any atom is -0.454 e. The molecule has 0 spiro atoms. The van der Waals surface area contributed by atoms with Crippen molar-refractivity contribution in [2.45, 2.75) is 32.1 Å². The van der Waals surface area contributed by atoms with Gasteiger partial charge in [-0.05, 0) is 36.9 Å². The molecular formula is C21H27N3OS. The molecule has 0 bridgehead atoms. The fourth-order valence-corrected chi connectivity index (χ4v) is 3.00. The van der Waals surface area contributed by atoms with E-state index in [1.54, 1.807) is 18.0 Å². The maximum atomic E-state index is 6.19. The quantitative estimate of drug-likeness (QED) is 0.471. The van der Waals surface area contributed by atoms with E-state index in [1.807, 2.05) is 50.4 Å². The molecule has 26 heavy (non-hydrogen) atoms. The summed E-state index contributed by atoms with van der Waals surface area (Å²) < 4.78 is 6.19. The number of aromatic amines is 1. The highest BCUT2D eigenvalue weighted by molar-refractivity contribution is 7.98. The third-order valence-electron chi connectivity index (χ3n) is 3.57. The predicted molar refractivity (Wildman–Crippen MR) is 112 cm³/mol. The molecule has 0 saturated carbocycles. The van der Waals surface area contributed by atoms with Crippen molar-refractivity contribution in [3.8, 4) is 22.9 Å². The Morgan fingerprint density at radius 2 is 1.92 bits per heavy atom. The van der Waals surface area contributed by atoms with E-state index in [-0.39, 0.29) is 0 Å². The lowest BCUT2D eigenvalue weighted by molar-refractivity contribution is 0.473. The van der Waals surface area contributed by atoms with Crippen LogP contribution in [0.1, 0.15) is 27.2 Å². The van der Waals surface area contributed by atoms with Gasteiger partial charge in [-0.2, -0.15) is 0 Å². The number of anilines is 1. The average molecular weight is 370 g/mol. The van der Waals surface area contributed by atoms with Crippen molar-refractivity contribution in [3.63, 3.8) is 0 Å². The molecule has 0 fully saturated rings. The predicted octanol–water partition coefficient (Wildman–Crippen LogP) is 6.44. The van der Waals surface area contributed by atoms with Gasteiger partial charge in [0.1, 0.15) is 11.6 Å². The first kappa shape index (κ1) is 19.9. The molecule has 0 unspecified atom stereocenters. The Morgan fingerprint density at radius 3 is 2.54 bits per heavy atom. The zero-order valence-corrected chi connectivity index (χ0v) is 16.7. The minimum absolute atomic E-state index is 0.832. The Hall–Kier alpha value is -2.40. The third-order valence-corrected chi connectivity index (χ3v) is 4.32. The molecule has 0 amide bonds. The number of thioether (sulfide) groups is 1. The first-order chi connectivity index (χ1) is 12.8. The Labute approximate surface area is 160 Å². The number of nitrogens with one attached hydrogen (secondary N) is 2. The van der Waals surface area contributed by atoms with Crippen LogP contribution in [0.3, 0.4) is 0 Å². The number of para-hydroxylation sites is 1. The van der Waals surface area contributed by atoms with Crippen LogP contribution >= 0.6 is 11.8 Å². The van der Waals surface area contributed by atoms with Gasteiger partial charge in [0.15, 0.2) is 5.75 Å². The standard InChI is InChI=1S/C19H21N3OS.C2H6/c1-3-9-20-16-12-14(19-21-10-11-22-19)13-17(24-2)18(16)23-15-7-5-4-6-8-15;1-2/h4-8,10-13,20H,3,9H2,1-2H3,(H,21,22);1-2H3. The molecule has 0 saturated heterocycles. The summed E-state index contributed by atoms with van der Waals surface area (Å²) in [5, 5.41) is 3.48. The van der Waals surface area contributed by atoms with Crippen LogP contribution in [-0.4, -0.2) is 22.8 Å². The molecule has 138 valence electrons. The van der Waals surface area contributed by atoms with E-state index in [9.17, 15) is 0 Å². The number of ether oxygens (including phenoxy) is 1. The van der Waals surface area contributed by atoms with Crippen LogP contribution in [0.4, 0.5) is 5.69 Å². The van der Waals surface area contributed by atoms with E-state index in [0.717, 1.165) is 46.4 Å². The van der Waals surface area contributed by atoms with Gasteiger partial charge in [-0.25, -0.2) is 4.98 Å². The average Bonchev–Trinajstić information content (AvgIpc) is 3.24.